The summed E-state index contributed by atoms with van der Waals surface area (Å²) in [6, 6.07) is 11.4. The molecule has 0 spiro atoms. The van der Waals surface area contributed by atoms with E-state index in [0.717, 1.165) is 5.69 Å². The molecule has 0 fully saturated rings. The summed E-state index contributed by atoms with van der Waals surface area (Å²) >= 11 is 0. The zero-order chi connectivity index (χ0) is 20.4. The lowest BCUT2D eigenvalue weighted by molar-refractivity contribution is -0.143. The van der Waals surface area contributed by atoms with Gasteiger partial charge >= 0.3 is 5.97 Å². The number of carbonyl (C=O) groups excluding carboxylic acids is 2. The predicted octanol–water partition coefficient (Wildman–Crippen LogP) is 3.69. The van der Waals surface area contributed by atoms with Crippen molar-refractivity contribution in [2.24, 2.45) is 0 Å². The Hall–Kier alpha value is -2.60. The van der Waals surface area contributed by atoms with E-state index < -0.39 is 0 Å². The molecule has 0 aliphatic rings. The number of carbonyl (C=O) groups is 2. The SMILES string of the molecule is CCOC(=O)CCN(CCCOC(C)C)C(=O)c1ccc(-n2cccc2)cc1. The molecular weight excluding hydrogens is 356 g/mol. The first-order valence-corrected chi connectivity index (χ1v) is 9.81. The molecule has 2 aromatic rings. The number of hydrogen-bond acceptors (Lipinski definition) is 4. The van der Waals surface area contributed by atoms with E-state index in [1.165, 1.54) is 0 Å². The van der Waals surface area contributed by atoms with Crippen LogP contribution < -0.4 is 0 Å². The van der Waals surface area contributed by atoms with E-state index in [9.17, 15) is 9.59 Å². The van der Waals surface area contributed by atoms with Crippen LogP contribution in [0.5, 0.6) is 0 Å². The van der Waals surface area contributed by atoms with Gasteiger partial charge in [0.25, 0.3) is 5.91 Å². The largest absolute Gasteiger partial charge is 0.466 e. The van der Waals surface area contributed by atoms with Crippen LogP contribution in [0.4, 0.5) is 0 Å². The molecule has 28 heavy (non-hydrogen) atoms. The van der Waals surface area contributed by atoms with Crippen molar-refractivity contribution in [3.05, 3.63) is 54.4 Å². The minimum absolute atomic E-state index is 0.0899. The first kappa shape index (κ1) is 21.7. The number of benzene rings is 1. The summed E-state index contributed by atoms with van der Waals surface area (Å²) in [6.45, 7) is 7.52. The van der Waals surface area contributed by atoms with Gasteiger partial charge in [0.15, 0.2) is 0 Å². The lowest BCUT2D eigenvalue weighted by Crippen LogP contribution is -2.34. The second kappa shape index (κ2) is 11.3. The molecule has 0 atom stereocenters. The summed E-state index contributed by atoms with van der Waals surface area (Å²) in [5.74, 6) is -0.380. The van der Waals surface area contributed by atoms with Crippen molar-refractivity contribution in [1.82, 2.24) is 9.47 Å². The maximum Gasteiger partial charge on any atom is 0.307 e. The predicted molar refractivity (Wildman–Crippen MR) is 109 cm³/mol. The van der Waals surface area contributed by atoms with Crippen LogP contribution in [0.15, 0.2) is 48.8 Å². The summed E-state index contributed by atoms with van der Waals surface area (Å²) in [7, 11) is 0. The third kappa shape index (κ3) is 6.85. The Balaban J connectivity index is 2.02. The van der Waals surface area contributed by atoms with Gasteiger partial charge in [0.05, 0.1) is 19.1 Å². The van der Waals surface area contributed by atoms with Gasteiger partial charge < -0.3 is 18.9 Å². The molecule has 0 unspecified atom stereocenters. The molecule has 1 aromatic carbocycles. The fourth-order valence-corrected chi connectivity index (χ4v) is 2.81. The topological polar surface area (TPSA) is 60.8 Å². The van der Waals surface area contributed by atoms with Gasteiger partial charge in [-0.15, -0.1) is 0 Å². The van der Waals surface area contributed by atoms with Crippen molar-refractivity contribution < 1.29 is 19.1 Å². The van der Waals surface area contributed by atoms with Crippen LogP contribution in [-0.4, -0.2) is 53.8 Å². The van der Waals surface area contributed by atoms with Crippen LogP contribution in [0.3, 0.4) is 0 Å². The highest BCUT2D eigenvalue weighted by atomic mass is 16.5. The summed E-state index contributed by atoms with van der Waals surface area (Å²) in [4.78, 5) is 26.4. The van der Waals surface area contributed by atoms with E-state index in [1.54, 1.807) is 11.8 Å². The van der Waals surface area contributed by atoms with Crippen molar-refractivity contribution in [2.45, 2.75) is 39.7 Å². The molecule has 6 nitrogen and oxygen atoms in total. The van der Waals surface area contributed by atoms with Crippen LogP contribution >= 0.6 is 0 Å². The number of aromatic nitrogens is 1. The Morgan fingerprint density at radius 2 is 1.75 bits per heavy atom. The Bertz CT molecular complexity index is 724. The standard InChI is InChI=1S/C22H30N2O4/c1-4-27-21(25)12-16-24(15-7-17-28-18(2)3)22(26)19-8-10-20(11-9-19)23-13-5-6-14-23/h5-6,8-11,13-14,18H,4,7,12,15-17H2,1-3H3. The zero-order valence-electron chi connectivity index (χ0n) is 17.0. The average Bonchev–Trinajstić information content (AvgIpc) is 3.22. The van der Waals surface area contributed by atoms with Gasteiger partial charge in [-0.3, -0.25) is 9.59 Å². The fourth-order valence-electron chi connectivity index (χ4n) is 2.81. The van der Waals surface area contributed by atoms with Crippen LogP contribution in [-0.2, 0) is 14.3 Å². The molecule has 1 heterocycles. The lowest BCUT2D eigenvalue weighted by Gasteiger charge is -2.23. The second-order valence-corrected chi connectivity index (χ2v) is 6.76. The minimum Gasteiger partial charge on any atom is -0.466 e. The van der Waals surface area contributed by atoms with E-state index >= 15 is 0 Å². The van der Waals surface area contributed by atoms with Crippen molar-refractivity contribution in [3.8, 4) is 5.69 Å². The fraction of sp³-hybridized carbons (Fsp3) is 0.455. The number of nitrogens with zero attached hydrogens (tertiary/aromatic N) is 2. The smallest absolute Gasteiger partial charge is 0.307 e. The van der Waals surface area contributed by atoms with Crippen molar-refractivity contribution in [1.29, 1.82) is 0 Å². The van der Waals surface area contributed by atoms with Crippen molar-refractivity contribution >= 4 is 11.9 Å². The highest BCUT2D eigenvalue weighted by Gasteiger charge is 2.17. The molecule has 0 N–H and O–H groups in total. The molecule has 2 rings (SSSR count). The number of hydrogen-bond donors (Lipinski definition) is 0. The Morgan fingerprint density at radius 3 is 2.36 bits per heavy atom. The monoisotopic (exact) mass is 386 g/mol. The first-order chi connectivity index (χ1) is 13.5. The van der Waals surface area contributed by atoms with E-state index in [0.29, 0.717) is 38.3 Å². The third-order valence-corrected chi connectivity index (χ3v) is 4.22. The van der Waals surface area contributed by atoms with Gasteiger partial charge in [-0.25, -0.2) is 0 Å². The summed E-state index contributed by atoms with van der Waals surface area (Å²) < 4.78 is 12.5. The highest BCUT2D eigenvalue weighted by Crippen LogP contribution is 2.13. The van der Waals surface area contributed by atoms with E-state index in [2.05, 4.69) is 0 Å². The second-order valence-electron chi connectivity index (χ2n) is 6.76. The number of rotatable bonds is 11. The summed E-state index contributed by atoms with van der Waals surface area (Å²) in [6.07, 6.45) is 4.97. The van der Waals surface area contributed by atoms with Gasteiger partial charge in [-0.1, -0.05) is 0 Å². The molecule has 0 bridgehead atoms. The molecule has 0 aliphatic carbocycles. The molecule has 1 aromatic heterocycles. The minimum atomic E-state index is -0.290. The van der Waals surface area contributed by atoms with E-state index in [1.807, 2.05) is 67.2 Å². The quantitative estimate of drug-likeness (QED) is 0.437. The van der Waals surface area contributed by atoms with Crippen LogP contribution in [0.25, 0.3) is 5.69 Å². The first-order valence-electron chi connectivity index (χ1n) is 9.81. The van der Waals surface area contributed by atoms with Crippen LogP contribution in [0.2, 0.25) is 0 Å². The Morgan fingerprint density at radius 1 is 1.07 bits per heavy atom. The third-order valence-electron chi connectivity index (χ3n) is 4.22. The van der Waals surface area contributed by atoms with Crippen LogP contribution in [0, 0.1) is 0 Å². The molecule has 0 saturated carbocycles. The normalized spacial score (nSPS) is 10.9. The maximum absolute atomic E-state index is 13.0. The molecule has 0 saturated heterocycles. The number of esters is 1. The van der Waals surface area contributed by atoms with Crippen molar-refractivity contribution in [2.75, 3.05) is 26.3 Å². The van der Waals surface area contributed by atoms with E-state index in [-0.39, 0.29) is 24.4 Å². The van der Waals surface area contributed by atoms with Gasteiger partial charge in [0, 0.05) is 43.3 Å². The molecule has 0 radical (unpaired) electrons. The Labute approximate surface area is 167 Å². The van der Waals surface area contributed by atoms with Gasteiger partial charge in [-0.2, -0.15) is 0 Å². The molecule has 6 heteroatoms. The lowest BCUT2D eigenvalue weighted by atomic mass is 10.1. The number of ether oxygens (including phenoxy) is 2. The van der Waals surface area contributed by atoms with Gasteiger partial charge in [0.1, 0.15) is 0 Å². The maximum atomic E-state index is 13.0. The average molecular weight is 386 g/mol. The molecule has 1 amide bonds. The zero-order valence-corrected chi connectivity index (χ0v) is 17.0. The van der Waals surface area contributed by atoms with Gasteiger partial charge in [0.2, 0.25) is 0 Å². The molecule has 152 valence electrons. The Kier molecular flexibility index (Phi) is 8.75. The van der Waals surface area contributed by atoms with Crippen molar-refractivity contribution in [3.63, 3.8) is 0 Å². The highest BCUT2D eigenvalue weighted by molar-refractivity contribution is 5.94. The van der Waals surface area contributed by atoms with E-state index in [4.69, 9.17) is 9.47 Å². The van der Waals surface area contributed by atoms with Gasteiger partial charge in [-0.05, 0) is 63.6 Å². The molecular formula is C22H30N2O4. The molecule has 0 aliphatic heterocycles. The number of amides is 1. The van der Waals surface area contributed by atoms with Crippen LogP contribution in [0.1, 0.15) is 44.0 Å². The summed E-state index contributed by atoms with van der Waals surface area (Å²) in [5, 5.41) is 0. The summed E-state index contributed by atoms with van der Waals surface area (Å²) in [5.41, 5.74) is 1.59.